The van der Waals surface area contributed by atoms with Crippen molar-refractivity contribution in [3.05, 3.63) is 23.8 Å². The number of phenols is 2. The van der Waals surface area contributed by atoms with Crippen molar-refractivity contribution in [3.8, 4) is 11.5 Å². The summed E-state index contributed by atoms with van der Waals surface area (Å²) < 4.78 is 0. The van der Waals surface area contributed by atoms with Crippen molar-refractivity contribution in [1.82, 2.24) is 4.90 Å². The molecule has 1 aromatic rings. The van der Waals surface area contributed by atoms with E-state index in [2.05, 4.69) is 0 Å². The lowest BCUT2D eigenvalue weighted by Crippen LogP contribution is -2.40. The maximum absolute atomic E-state index is 12.4. The van der Waals surface area contributed by atoms with Crippen molar-refractivity contribution in [2.24, 2.45) is 11.3 Å². The van der Waals surface area contributed by atoms with Crippen LogP contribution in [0.3, 0.4) is 0 Å². The topological polar surface area (TPSA) is 98.1 Å². The molecule has 2 rings (SSSR count). The average molecular weight is 293 g/mol. The number of carboxylic acids is 1. The summed E-state index contributed by atoms with van der Waals surface area (Å²) in [6, 6.07) is 4.06. The second-order valence-corrected chi connectivity index (χ2v) is 5.76. The minimum absolute atomic E-state index is 0.0760. The van der Waals surface area contributed by atoms with Crippen LogP contribution in [-0.4, -0.2) is 45.2 Å². The van der Waals surface area contributed by atoms with E-state index in [-0.39, 0.29) is 36.1 Å². The van der Waals surface area contributed by atoms with E-state index in [4.69, 9.17) is 0 Å². The van der Waals surface area contributed by atoms with E-state index in [1.807, 2.05) is 13.8 Å². The number of benzene rings is 1. The summed E-state index contributed by atoms with van der Waals surface area (Å²) in [6.07, 6.45) is 0.361. The predicted molar refractivity (Wildman–Crippen MR) is 75.2 cm³/mol. The molecule has 0 aromatic heterocycles. The molecule has 1 aliphatic rings. The molecule has 1 fully saturated rings. The first kappa shape index (κ1) is 15.2. The highest BCUT2D eigenvalue weighted by Crippen LogP contribution is 2.40. The number of hydrogen-bond acceptors (Lipinski definition) is 4. The lowest BCUT2D eigenvalue weighted by Gasteiger charge is -2.28. The number of hydrogen-bond donors (Lipinski definition) is 3. The van der Waals surface area contributed by atoms with Gasteiger partial charge in [0.1, 0.15) is 17.1 Å². The lowest BCUT2D eigenvalue weighted by molar-refractivity contribution is -0.150. The Bertz CT molecular complexity index is 563. The fraction of sp³-hybridized carbons (Fsp3) is 0.467. The number of amides is 1. The maximum Gasteiger partial charge on any atom is 0.311 e. The number of carbonyl (C=O) groups is 2. The van der Waals surface area contributed by atoms with Gasteiger partial charge in [0.05, 0.1) is 5.41 Å². The third-order valence-corrected chi connectivity index (χ3v) is 4.35. The summed E-state index contributed by atoms with van der Waals surface area (Å²) >= 11 is 0. The molecular weight excluding hydrogens is 274 g/mol. The van der Waals surface area contributed by atoms with Gasteiger partial charge in [-0.3, -0.25) is 9.59 Å². The Kier molecular flexibility index (Phi) is 3.80. The van der Waals surface area contributed by atoms with Gasteiger partial charge in [0.25, 0.3) is 5.91 Å². The second-order valence-electron chi connectivity index (χ2n) is 5.76. The molecule has 114 valence electrons. The zero-order chi connectivity index (χ0) is 15.8. The minimum atomic E-state index is -0.977. The molecule has 1 atom stereocenters. The van der Waals surface area contributed by atoms with Crippen LogP contribution in [-0.2, 0) is 4.79 Å². The summed E-state index contributed by atoms with van der Waals surface area (Å²) in [6.45, 7) is 4.00. The summed E-state index contributed by atoms with van der Waals surface area (Å²) in [7, 11) is 0. The van der Waals surface area contributed by atoms with Crippen molar-refractivity contribution in [1.29, 1.82) is 0 Å². The molecule has 0 aliphatic carbocycles. The van der Waals surface area contributed by atoms with Crippen molar-refractivity contribution < 1.29 is 24.9 Å². The molecule has 1 unspecified atom stereocenters. The zero-order valence-corrected chi connectivity index (χ0v) is 12.0. The predicted octanol–water partition coefficient (Wildman–Crippen LogP) is 1.67. The largest absolute Gasteiger partial charge is 0.507 e. The third kappa shape index (κ3) is 2.41. The van der Waals surface area contributed by atoms with Crippen molar-refractivity contribution in [2.75, 3.05) is 13.1 Å². The smallest absolute Gasteiger partial charge is 0.311 e. The molecular formula is C15H19NO5. The first-order chi connectivity index (χ1) is 9.79. The van der Waals surface area contributed by atoms with E-state index in [1.165, 1.54) is 23.1 Å². The van der Waals surface area contributed by atoms with Gasteiger partial charge in [-0.25, -0.2) is 0 Å². The molecule has 1 heterocycles. The highest BCUT2D eigenvalue weighted by molar-refractivity contribution is 6.00. The quantitative estimate of drug-likeness (QED) is 0.787. The number of phenolic OH excluding ortho intramolecular Hbond substituents is 2. The van der Waals surface area contributed by atoms with Crippen molar-refractivity contribution in [3.63, 3.8) is 0 Å². The van der Waals surface area contributed by atoms with Gasteiger partial charge in [0, 0.05) is 13.1 Å². The van der Waals surface area contributed by atoms with E-state index >= 15 is 0 Å². The first-order valence-corrected chi connectivity index (χ1v) is 6.83. The Labute approximate surface area is 122 Å². The van der Waals surface area contributed by atoms with Gasteiger partial charge in [-0.2, -0.15) is 0 Å². The van der Waals surface area contributed by atoms with Crippen LogP contribution in [0.1, 0.15) is 30.6 Å². The first-order valence-electron chi connectivity index (χ1n) is 6.83. The third-order valence-electron chi connectivity index (χ3n) is 4.35. The number of carboxylic acid groups (broad SMARTS) is 1. The Balaban J connectivity index is 2.29. The van der Waals surface area contributed by atoms with Crippen molar-refractivity contribution >= 4 is 11.9 Å². The van der Waals surface area contributed by atoms with Crippen molar-refractivity contribution in [2.45, 2.75) is 20.3 Å². The van der Waals surface area contributed by atoms with Gasteiger partial charge in [-0.1, -0.05) is 19.9 Å². The number of rotatable bonds is 3. The lowest BCUT2D eigenvalue weighted by atomic mass is 9.76. The number of carbonyl (C=O) groups excluding carboxylic acids is 1. The molecule has 0 radical (unpaired) electrons. The van der Waals surface area contributed by atoms with Gasteiger partial charge in [0.2, 0.25) is 0 Å². The Hall–Kier alpha value is -2.24. The molecule has 1 saturated heterocycles. The molecule has 0 bridgehead atoms. The van der Waals surface area contributed by atoms with Gasteiger partial charge in [-0.15, -0.1) is 0 Å². The fourth-order valence-electron chi connectivity index (χ4n) is 2.80. The van der Waals surface area contributed by atoms with E-state index in [9.17, 15) is 24.9 Å². The Morgan fingerprint density at radius 1 is 1.24 bits per heavy atom. The number of nitrogens with zero attached hydrogens (tertiary/aromatic N) is 1. The summed E-state index contributed by atoms with van der Waals surface area (Å²) in [4.78, 5) is 25.4. The fourth-order valence-corrected chi connectivity index (χ4v) is 2.80. The van der Waals surface area contributed by atoms with Crippen LogP contribution in [0.5, 0.6) is 11.5 Å². The molecule has 21 heavy (non-hydrogen) atoms. The van der Waals surface area contributed by atoms with Crippen LogP contribution in [0.2, 0.25) is 0 Å². The van der Waals surface area contributed by atoms with Gasteiger partial charge in [0.15, 0.2) is 0 Å². The Morgan fingerprint density at radius 3 is 2.24 bits per heavy atom. The highest BCUT2D eigenvalue weighted by atomic mass is 16.4. The van der Waals surface area contributed by atoms with Crippen LogP contribution in [0, 0.1) is 11.3 Å². The summed E-state index contributed by atoms with van der Waals surface area (Å²) in [5.74, 6) is -2.20. The molecule has 1 aliphatic heterocycles. The van der Waals surface area contributed by atoms with Crippen LogP contribution >= 0.6 is 0 Å². The van der Waals surface area contributed by atoms with Gasteiger partial charge in [-0.05, 0) is 24.5 Å². The standard InChI is InChI=1S/C15H19NO5/c1-9(2)15(14(20)21)6-7-16(8-15)13(19)12-10(17)4-3-5-11(12)18/h3-5,9,17-18H,6-8H2,1-2H3,(H,20,21). The molecule has 6 nitrogen and oxygen atoms in total. The van der Waals surface area contributed by atoms with Crippen LogP contribution in [0.25, 0.3) is 0 Å². The Morgan fingerprint density at radius 2 is 1.81 bits per heavy atom. The normalized spacial score (nSPS) is 21.8. The van der Waals surface area contributed by atoms with Gasteiger partial charge < -0.3 is 20.2 Å². The molecule has 3 N–H and O–H groups in total. The maximum atomic E-state index is 12.4. The van der Waals surface area contributed by atoms with E-state index in [0.717, 1.165) is 0 Å². The molecule has 1 amide bonds. The number of likely N-dealkylation sites (tertiary alicyclic amines) is 1. The summed E-state index contributed by atoms with van der Waals surface area (Å²) in [5.41, 5.74) is -1.15. The SMILES string of the molecule is CC(C)C1(C(=O)O)CCN(C(=O)c2c(O)cccc2O)C1. The van der Waals surface area contributed by atoms with E-state index in [0.29, 0.717) is 6.42 Å². The minimum Gasteiger partial charge on any atom is -0.507 e. The van der Waals surface area contributed by atoms with E-state index < -0.39 is 17.3 Å². The number of aliphatic carboxylic acids is 1. The second kappa shape index (κ2) is 5.27. The van der Waals surface area contributed by atoms with E-state index in [1.54, 1.807) is 0 Å². The summed E-state index contributed by atoms with van der Waals surface area (Å²) in [5, 5.41) is 29.0. The van der Waals surface area contributed by atoms with Crippen LogP contribution in [0.15, 0.2) is 18.2 Å². The van der Waals surface area contributed by atoms with Gasteiger partial charge >= 0.3 is 5.97 Å². The van der Waals surface area contributed by atoms with Crippen LogP contribution in [0.4, 0.5) is 0 Å². The molecule has 0 saturated carbocycles. The average Bonchev–Trinajstić information content (AvgIpc) is 2.84. The number of aromatic hydroxyl groups is 2. The molecule has 0 spiro atoms. The monoisotopic (exact) mass is 293 g/mol. The molecule has 6 heteroatoms. The molecule has 1 aromatic carbocycles. The zero-order valence-electron chi connectivity index (χ0n) is 12.0. The highest BCUT2D eigenvalue weighted by Gasteiger charge is 2.48. The van der Waals surface area contributed by atoms with Crippen LogP contribution < -0.4 is 0 Å².